The predicted molar refractivity (Wildman–Crippen MR) is 134 cm³/mol. The maximum atomic E-state index is 13.0. The average Bonchev–Trinajstić information content (AvgIpc) is 3.25. The van der Waals surface area contributed by atoms with E-state index in [4.69, 9.17) is 16.3 Å². The number of carbonyl (C=O) groups is 3. The van der Waals surface area contributed by atoms with Gasteiger partial charge in [0.2, 0.25) is 5.91 Å². The first-order valence-electron chi connectivity index (χ1n) is 9.95. The molecule has 0 bridgehead atoms. The Hall–Kier alpha value is -2.59. The zero-order valence-electron chi connectivity index (χ0n) is 17.5. The van der Waals surface area contributed by atoms with Gasteiger partial charge in [0.15, 0.2) is 0 Å². The Labute approximate surface area is 207 Å². The molecule has 0 radical (unpaired) electrons. The molecule has 1 fully saturated rings. The number of rotatable bonds is 7. The van der Waals surface area contributed by atoms with Crippen molar-refractivity contribution in [3.05, 3.63) is 68.6 Å². The minimum absolute atomic E-state index is 0.113. The van der Waals surface area contributed by atoms with E-state index < -0.39 is 5.91 Å². The normalized spacial score (nSPS) is 15.1. The quantitative estimate of drug-likeness (QED) is 0.330. The molecule has 1 N–H and O–H groups in total. The van der Waals surface area contributed by atoms with Gasteiger partial charge in [0, 0.05) is 45.8 Å². The van der Waals surface area contributed by atoms with Crippen molar-refractivity contribution in [2.45, 2.75) is 6.54 Å². The number of imide groups is 1. The first kappa shape index (κ1) is 23.6. The van der Waals surface area contributed by atoms with Gasteiger partial charge in [-0.2, -0.15) is 0 Å². The van der Waals surface area contributed by atoms with Gasteiger partial charge in [-0.1, -0.05) is 27.5 Å². The van der Waals surface area contributed by atoms with Crippen LogP contribution in [0.5, 0.6) is 0 Å². The van der Waals surface area contributed by atoms with Crippen molar-refractivity contribution in [2.75, 3.05) is 25.2 Å². The monoisotopic (exact) mass is 547 g/mol. The summed E-state index contributed by atoms with van der Waals surface area (Å²) in [6.45, 7) is 0.965. The van der Waals surface area contributed by atoms with Crippen molar-refractivity contribution in [1.82, 2.24) is 9.88 Å². The second-order valence-electron chi connectivity index (χ2n) is 7.21. The Bertz CT molecular complexity index is 1270. The van der Waals surface area contributed by atoms with Crippen molar-refractivity contribution in [3.63, 3.8) is 0 Å². The fourth-order valence-electron chi connectivity index (χ4n) is 3.47. The van der Waals surface area contributed by atoms with Gasteiger partial charge in [-0.05, 0) is 60.3 Å². The Kier molecular flexibility index (Phi) is 7.23. The first-order chi connectivity index (χ1) is 15.9. The molecule has 1 aromatic heterocycles. The molecule has 0 saturated carbocycles. The molecular weight excluding hydrogens is 530 g/mol. The van der Waals surface area contributed by atoms with Gasteiger partial charge in [-0.25, -0.2) is 4.90 Å². The van der Waals surface area contributed by atoms with Crippen molar-refractivity contribution in [1.29, 1.82) is 0 Å². The van der Waals surface area contributed by atoms with Crippen LogP contribution in [0.3, 0.4) is 0 Å². The van der Waals surface area contributed by atoms with E-state index >= 15 is 0 Å². The number of ether oxygens (including phenoxy) is 1. The summed E-state index contributed by atoms with van der Waals surface area (Å²) in [4.78, 5) is 39.4. The fraction of sp³-hybridized carbons (Fsp3) is 0.174. The van der Waals surface area contributed by atoms with E-state index in [1.54, 1.807) is 37.5 Å². The van der Waals surface area contributed by atoms with E-state index in [0.29, 0.717) is 28.8 Å². The summed E-state index contributed by atoms with van der Waals surface area (Å²) in [5, 5.41) is 3.80. The minimum Gasteiger partial charge on any atom is -0.383 e. The number of halogens is 2. The van der Waals surface area contributed by atoms with Crippen molar-refractivity contribution >= 4 is 79.0 Å². The second-order valence-corrected chi connectivity index (χ2v) is 9.56. The molecule has 7 nitrogen and oxygen atoms in total. The lowest BCUT2D eigenvalue weighted by Gasteiger charge is -2.12. The maximum Gasteiger partial charge on any atom is 0.298 e. The summed E-state index contributed by atoms with van der Waals surface area (Å²) in [6.07, 6.45) is 3.50. The molecule has 0 spiro atoms. The van der Waals surface area contributed by atoms with E-state index in [1.165, 1.54) is 0 Å². The molecule has 10 heteroatoms. The summed E-state index contributed by atoms with van der Waals surface area (Å²) in [5.41, 5.74) is 2.03. The van der Waals surface area contributed by atoms with E-state index in [-0.39, 0.29) is 17.7 Å². The highest BCUT2D eigenvalue weighted by atomic mass is 79.9. The van der Waals surface area contributed by atoms with Crippen LogP contribution >= 0.6 is 39.3 Å². The largest absolute Gasteiger partial charge is 0.383 e. The lowest BCUT2D eigenvalue weighted by molar-refractivity contribution is -0.121. The van der Waals surface area contributed by atoms with Gasteiger partial charge in [-0.3, -0.25) is 14.4 Å². The number of nitrogens with one attached hydrogen (secondary N) is 1. The average molecular weight is 549 g/mol. The number of nitrogens with zero attached hydrogens (tertiary/aromatic N) is 2. The highest BCUT2D eigenvalue weighted by Gasteiger charge is 2.36. The van der Waals surface area contributed by atoms with Crippen LogP contribution in [-0.2, 0) is 20.9 Å². The van der Waals surface area contributed by atoms with Gasteiger partial charge in [0.1, 0.15) is 6.54 Å². The maximum absolute atomic E-state index is 13.0. The van der Waals surface area contributed by atoms with E-state index in [9.17, 15) is 14.4 Å². The molecule has 2 heterocycles. The molecule has 1 saturated heterocycles. The van der Waals surface area contributed by atoms with Crippen LogP contribution in [0.15, 0.2) is 58.0 Å². The fourth-order valence-corrected chi connectivity index (χ4v) is 4.79. The molecule has 0 unspecified atom stereocenters. The van der Waals surface area contributed by atoms with Crippen LogP contribution in [0, 0.1) is 0 Å². The smallest absolute Gasteiger partial charge is 0.298 e. The lowest BCUT2D eigenvalue weighted by atomic mass is 10.1. The molecule has 0 atom stereocenters. The number of hydrogen-bond donors (Lipinski definition) is 1. The number of methoxy groups -OCH3 is 1. The molecule has 0 aliphatic carbocycles. The zero-order valence-corrected chi connectivity index (χ0v) is 20.7. The minimum atomic E-state index is -0.402. The highest BCUT2D eigenvalue weighted by molar-refractivity contribution is 9.10. The van der Waals surface area contributed by atoms with Crippen molar-refractivity contribution < 1.29 is 19.1 Å². The Morgan fingerprint density at radius 2 is 1.97 bits per heavy atom. The van der Waals surface area contributed by atoms with Gasteiger partial charge >= 0.3 is 0 Å². The third kappa shape index (κ3) is 5.16. The predicted octanol–water partition coefficient (Wildman–Crippen LogP) is 5.06. The molecular formula is C23H19BrClN3O4S. The summed E-state index contributed by atoms with van der Waals surface area (Å²) >= 11 is 10.3. The van der Waals surface area contributed by atoms with Crippen LogP contribution in [0.4, 0.5) is 10.5 Å². The van der Waals surface area contributed by atoms with Crippen LogP contribution in [0.2, 0.25) is 5.02 Å². The van der Waals surface area contributed by atoms with E-state index in [1.807, 2.05) is 29.0 Å². The van der Waals surface area contributed by atoms with E-state index in [0.717, 1.165) is 37.6 Å². The Morgan fingerprint density at radius 1 is 1.21 bits per heavy atom. The number of carbonyl (C=O) groups excluding carboxylic acids is 3. The van der Waals surface area contributed by atoms with Gasteiger partial charge < -0.3 is 14.6 Å². The number of benzene rings is 2. The second kappa shape index (κ2) is 10.1. The summed E-state index contributed by atoms with van der Waals surface area (Å²) < 4.78 is 7.64. The molecule has 1 aliphatic rings. The van der Waals surface area contributed by atoms with E-state index in [2.05, 4.69) is 21.2 Å². The molecule has 3 amide bonds. The Morgan fingerprint density at radius 3 is 2.70 bits per heavy atom. The number of hydrogen-bond acceptors (Lipinski definition) is 5. The molecule has 2 aromatic carbocycles. The first-order valence-corrected chi connectivity index (χ1v) is 11.9. The van der Waals surface area contributed by atoms with Crippen LogP contribution < -0.4 is 10.2 Å². The van der Waals surface area contributed by atoms with Gasteiger partial charge in [0.05, 0.1) is 17.2 Å². The van der Waals surface area contributed by atoms with Gasteiger partial charge in [-0.15, -0.1) is 0 Å². The van der Waals surface area contributed by atoms with Crippen molar-refractivity contribution in [2.24, 2.45) is 0 Å². The van der Waals surface area contributed by atoms with Gasteiger partial charge in [0.25, 0.3) is 11.1 Å². The summed E-state index contributed by atoms with van der Waals surface area (Å²) in [5.74, 6) is -0.554. The highest BCUT2D eigenvalue weighted by Crippen LogP contribution is 2.37. The molecule has 3 aromatic rings. The van der Waals surface area contributed by atoms with Crippen LogP contribution in [0.1, 0.15) is 5.56 Å². The molecule has 33 heavy (non-hydrogen) atoms. The number of amides is 3. The number of aromatic nitrogens is 1. The number of anilines is 1. The molecule has 4 rings (SSSR count). The zero-order chi connectivity index (χ0) is 23.5. The molecule has 1 aliphatic heterocycles. The number of fused-ring (bicyclic) bond motifs is 1. The summed E-state index contributed by atoms with van der Waals surface area (Å²) in [6, 6.07) is 12.2. The van der Waals surface area contributed by atoms with Crippen molar-refractivity contribution in [3.8, 4) is 0 Å². The standard InChI is InChI=1S/C23H19BrClN3O4S/c1-32-9-8-26-21(29)13-27-12-14(18-11-15(24)2-7-19(18)27)10-20-22(30)28(23(31)33-20)17-5-3-16(25)4-6-17/h2-7,10-12H,8-9,13H2,1H3,(H,26,29)/b20-10-. The van der Waals surface area contributed by atoms with Crippen LogP contribution in [0.25, 0.3) is 17.0 Å². The Balaban J connectivity index is 1.66. The SMILES string of the molecule is COCCNC(=O)Cn1cc(/C=C2\SC(=O)N(c3ccc(Cl)cc3)C2=O)c2cc(Br)ccc21. The topological polar surface area (TPSA) is 80.6 Å². The third-order valence-electron chi connectivity index (χ3n) is 4.98. The number of thioether (sulfide) groups is 1. The van der Waals surface area contributed by atoms with Crippen LogP contribution in [-0.4, -0.2) is 41.9 Å². The third-order valence-corrected chi connectivity index (χ3v) is 6.60. The lowest BCUT2D eigenvalue weighted by Crippen LogP contribution is -2.30. The molecule has 170 valence electrons. The summed E-state index contributed by atoms with van der Waals surface area (Å²) in [7, 11) is 1.57.